The third-order valence-corrected chi connectivity index (χ3v) is 6.25. The number of methoxy groups -OCH3 is 2. The standard InChI is InChI=1S/C18H23N3O5S/c1-13-6-7-15(24-2)16(9-13)27(22,23)21-8-4-5-14(12-21)26-18-11-19-10-17(20-18)25-3/h6-7,9-11,14H,4-5,8,12H2,1-3H3. The van der Waals surface area contributed by atoms with Crippen LogP contribution in [0.2, 0.25) is 0 Å². The third-order valence-electron chi connectivity index (χ3n) is 4.36. The first kappa shape index (κ1) is 19.4. The highest BCUT2D eigenvalue weighted by Gasteiger charge is 2.33. The van der Waals surface area contributed by atoms with E-state index < -0.39 is 10.0 Å². The van der Waals surface area contributed by atoms with Gasteiger partial charge < -0.3 is 14.2 Å². The summed E-state index contributed by atoms with van der Waals surface area (Å²) in [6.07, 6.45) is 4.07. The molecule has 146 valence electrons. The van der Waals surface area contributed by atoms with Gasteiger partial charge in [-0.1, -0.05) is 6.07 Å². The van der Waals surface area contributed by atoms with Crippen molar-refractivity contribution in [2.75, 3.05) is 27.3 Å². The molecule has 9 heteroatoms. The summed E-state index contributed by atoms with van der Waals surface area (Å²) < 4.78 is 43.9. The van der Waals surface area contributed by atoms with Crippen LogP contribution >= 0.6 is 0 Å². The molecule has 1 saturated heterocycles. The Morgan fingerprint density at radius 1 is 1.15 bits per heavy atom. The Morgan fingerprint density at radius 3 is 2.67 bits per heavy atom. The number of hydrogen-bond acceptors (Lipinski definition) is 7. The van der Waals surface area contributed by atoms with E-state index in [4.69, 9.17) is 14.2 Å². The van der Waals surface area contributed by atoms with Gasteiger partial charge in [0.1, 0.15) is 16.7 Å². The summed E-state index contributed by atoms with van der Waals surface area (Å²) >= 11 is 0. The summed E-state index contributed by atoms with van der Waals surface area (Å²) in [5, 5.41) is 0. The van der Waals surface area contributed by atoms with Crippen LogP contribution in [0.1, 0.15) is 18.4 Å². The molecule has 1 aromatic heterocycles. The molecule has 1 unspecified atom stereocenters. The smallest absolute Gasteiger partial charge is 0.246 e. The summed E-state index contributed by atoms with van der Waals surface area (Å²) in [4.78, 5) is 8.36. The van der Waals surface area contributed by atoms with E-state index in [-0.39, 0.29) is 17.5 Å². The SMILES string of the molecule is COc1cncc(OC2CCCN(S(=O)(=O)c3cc(C)ccc3OC)C2)n1. The first-order valence-corrected chi connectivity index (χ1v) is 10.1. The first-order valence-electron chi connectivity index (χ1n) is 8.61. The Labute approximate surface area is 159 Å². The number of benzene rings is 1. The van der Waals surface area contributed by atoms with Gasteiger partial charge in [-0.3, -0.25) is 4.98 Å². The zero-order valence-corrected chi connectivity index (χ0v) is 16.4. The van der Waals surface area contributed by atoms with E-state index in [1.54, 1.807) is 12.1 Å². The van der Waals surface area contributed by atoms with Crippen molar-refractivity contribution in [3.63, 3.8) is 0 Å². The van der Waals surface area contributed by atoms with Gasteiger partial charge in [-0.05, 0) is 37.5 Å². The van der Waals surface area contributed by atoms with Gasteiger partial charge in [0, 0.05) is 6.54 Å². The number of nitrogens with zero attached hydrogens (tertiary/aromatic N) is 3. The zero-order valence-electron chi connectivity index (χ0n) is 15.6. The summed E-state index contributed by atoms with van der Waals surface area (Å²) in [7, 11) is -0.734. The average molecular weight is 393 g/mol. The van der Waals surface area contributed by atoms with Crippen molar-refractivity contribution < 1.29 is 22.6 Å². The van der Waals surface area contributed by atoms with E-state index in [1.165, 1.54) is 30.9 Å². The lowest BCUT2D eigenvalue weighted by molar-refractivity contribution is 0.123. The summed E-state index contributed by atoms with van der Waals surface area (Å²) in [6.45, 7) is 2.52. The number of ether oxygens (including phenoxy) is 3. The van der Waals surface area contributed by atoms with Crippen LogP contribution in [0, 0.1) is 6.92 Å². The van der Waals surface area contributed by atoms with Crippen LogP contribution in [-0.2, 0) is 10.0 Å². The number of hydrogen-bond donors (Lipinski definition) is 0. The highest BCUT2D eigenvalue weighted by molar-refractivity contribution is 7.89. The molecule has 27 heavy (non-hydrogen) atoms. The molecule has 0 saturated carbocycles. The normalized spacial score (nSPS) is 18.1. The van der Waals surface area contributed by atoms with Gasteiger partial charge >= 0.3 is 0 Å². The van der Waals surface area contributed by atoms with Crippen LogP contribution in [0.15, 0.2) is 35.5 Å². The fourth-order valence-electron chi connectivity index (χ4n) is 3.00. The Bertz CT molecular complexity index is 904. The van der Waals surface area contributed by atoms with Gasteiger partial charge in [0.25, 0.3) is 0 Å². The van der Waals surface area contributed by atoms with Crippen LogP contribution in [0.4, 0.5) is 0 Å². The van der Waals surface area contributed by atoms with Crippen molar-refractivity contribution in [2.24, 2.45) is 0 Å². The monoisotopic (exact) mass is 393 g/mol. The topological polar surface area (TPSA) is 90.9 Å². The largest absolute Gasteiger partial charge is 0.495 e. The molecular formula is C18H23N3O5S. The van der Waals surface area contributed by atoms with Gasteiger partial charge in [-0.15, -0.1) is 0 Å². The Kier molecular flexibility index (Phi) is 5.81. The quantitative estimate of drug-likeness (QED) is 0.742. The molecule has 3 rings (SSSR count). The molecule has 1 aromatic carbocycles. The number of rotatable bonds is 6. The molecule has 8 nitrogen and oxygen atoms in total. The zero-order chi connectivity index (χ0) is 19.4. The number of piperidine rings is 1. The van der Waals surface area contributed by atoms with Crippen LogP contribution < -0.4 is 14.2 Å². The Balaban J connectivity index is 1.80. The minimum absolute atomic E-state index is 0.173. The Morgan fingerprint density at radius 2 is 1.93 bits per heavy atom. The lowest BCUT2D eigenvalue weighted by Crippen LogP contribution is -2.44. The van der Waals surface area contributed by atoms with E-state index in [0.29, 0.717) is 30.5 Å². The maximum Gasteiger partial charge on any atom is 0.246 e. The van der Waals surface area contributed by atoms with Crippen LogP contribution in [0.25, 0.3) is 0 Å². The third kappa shape index (κ3) is 4.30. The fourth-order valence-corrected chi connectivity index (χ4v) is 4.75. The molecule has 0 aliphatic carbocycles. The van der Waals surface area contributed by atoms with Crippen LogP contribution in [-0.4, -0.2) is 56.1 Å². The predicted octanol–water partition coefficient (Wildman–Crippen LogP) is 2.03. The molecule has 0 bridgehead atoms. The molecule has 0 radical (unpaired) electrons. The van der Waals surface area contributed by atoms with Crippen molar-refractivity contribution >= 4 is 10.0 Å². The van der Waals surface area contributed by atoms with E-state index in [9.17, 15) is 8.42 Å². The Hall–Kier alpha value is -2.39. The van der Waals surface area contributed by atoms with Gasteiger partial charge in [0.15, 0.2) is 0 Å². The molecule has 0 amide bonds. The van der Waals surface area contributed by atoms with Gasteiger partial charge in [-0.2, -0.15) is 9.29 Å². The van der Waals surface area contributed by atoms with Gasteiger partial charge in [0.2, 0.25) is 21.8 Å². The molecule has 1 aliphatic heterocycles. The van der Waals surface area contributed by atoms with Crippen molar-refractivity contribution in [3.05, 3.63) is 36.2 Å². The molecular weight excluding hydrogens is 370 g/mol. The summed E-state index contributed by atoms with van der Waals surface area (Å²) in [5.74, 6) is 0.992. The lowest BCUT2D eigenvalue weighted by Gasteiger charge is -2.32. The van der Waals surface area contributed by atoms with Crippen LogP contribution in [0.3, 0.4) is 0 Å². The number of sulfonamides is 1. The second-order valence-electron chi connectivity index (χ2n) is 6.30. The van der Waals surface area contributed by atoms with Crippen molar-refractivity contribution in [1.82, 2.24) is 14.3 Å². The molecule has 0 N–H and O–H groups in total. The average Bonchev–Trinajstić information content (AvgIpc) is 2.68. The van der Waals surface area contributed by atoms with Gasteiger partial charge in [-0.25, -0.2) is 8.42 Å². The van der Waals surface area contributed by atoms with E-state index >= 15 is 0 Å². The minimum atomic E-state index is -3.70. The van der Waals surface area contributed by atoms with Crippen LogP contribution in [0.5, 0.6) is 17.5 Å². The summed E-state index contributed by atoms with van der Waals surface area (Å²) in [5.41, 5.74) is 0.853. The maximum atomic E-state index is 13.2. The predicted molar refractivity (Wildman–Crippen MR) is 98.7 cm³/mol. The second kappa shape index (κ2) is 8.10. The molecule has 1 atom stereocenters. The number of aryl methyl sites for hydroxylation is 1. The summed E-state index contributed by atoms with van der Waals surface area (Å²) in [6, 6.07) is 5.12. The first-order chi connectivity index (χ1) is 12.9. The van der Waals surface area contributed by atoms with Crippen molar-refractivity contribution in [2.45, 2.75) is 30.8 Å². The fraction of sp³-hybridized carbons (Fsp3) is 0.444. The molecule has 2 aromatic rings. The van der Waals surface area contributed by atoms with Crippen molar-refractivity contribution in [3.8, 4) is 17.5 Å². The molecule has 1 fully saturated rings. The van der Waals surface area contributed by atoms with E-state index in [1.807, 2.05) is 13.0 Å². The second-order valence-corrected chi connectivity index (χ2v) is 8.21. The lowest BCUT2D eigenvalue weighted by atomic mass is 10.1. The maximum absolute atomic E-state index is 13.2. The molecule has 2 heterocycles. The number of aromatic nitrogens is 2. The van der Waals surface area contributed by atoms with E-state index in [0.717, 1.165) is 12.0 Å². The molecule has 1 aliphatic rings. The highest BCUT2D eigenvalue weighted by atomic mass is 32.2. The molecule has 0 spiro atoms. The van der Waals surface area contributed by atoms with Gasteiger partial charge in [0.05, 0.1) is 33.2 Å². The highest BCUT2D eigenvalue weighted by Crippen LogP contribution is 2.30. The minimum Gasteiger partial charge on any atom is -0.495 e. The van der Waals surface area contributed by atoms with Crippen molar-refractivity contribution in [1.29, 1.82) is 0 Å². The van der Waals surface area contributed by atoms with E-state index in [2.05, 4.69) is 9.97 Å².